The maximum atomic E-state index is 5.10. The molecule has 0 fully saturated rings. The summed E-state index contributed by atoms with van der Waals surface area (Å²) in [5.74, 6) is 2.97. The molecule has 260 valence electrons. The van der Waals surface area contributed by atoms with Crippen molar-refractivity contribution in [2.75, 3.05) is 0 Å². The Labute approximate surface area is 310 Å². The molecule has 3 atom stereocenters. The summed E-state index contributed by atoms with van der Waals surface area (Å²) < 4.78 is 0. The molecule has 6 aliphatic rings. The van der Waals surface area contributed by atoms with Crippen LogP contribution in [0.1, 0.15) is 77.9 Å². The van der Waals surface area contributed by atoms with Gasteiger partial charge in [0.25, 0.3) is 0 Å². The normalized spacial score (nSPS) is 26.2. The summed E-state index contributed by atoms with van der Waals surface area (Å²) >= 11 is 0. The first-order chi connectivity index (χ1) is 25.2. The molecule has 3 unspecified atom stereocenters. The lowest BCUT2D eigenvalue weighted by atomic mass is 9.65. The molecular weight excluding hydrogens is 631 g/mol. The molecule has 0 amide bonds. The summed E-state index contributed by atoms with van der Waals surface area (Å²) in [6.45, 7) is 14.0. The van der Waals surface area contributed by atoms with Gasteiger partial charge in [0.05, 0.1) is 0 Å². The second kappa shape index (κ2) is 13.8. The van der Waals surface area contributed by atoms with E-state index in [1.165, 1.54) is 44.6 Å². The van der Waals surface area contributed by atoms with E-state index in [2.05, 4.69) is 144 Å². The number of hydrogen-bond acceptors (Lipinski definition) is 3. The number of benzene rings is 1. The van der Waals surface area contributed by atoms with Crippen LogP contribution >= 0.6 is 0 Å². The Kier molecular flexibility index (Phi) is 8.99. The van der Waals surface area contributed by atoms with Gasteiger partial charge in [0, 0.05) is 28.2 Å². The Morgan fingerprint density at radius 1 is 0.885 bits per heavy atom. The Bertz CT molecular complexity index is 2200. The smallest absolute Gasteiger partial charge is 0.164 e. The van der Waals surface area contributed by atoms with Gasteiger partial charge in [-0.15, -0.1) is 0 Å². The van der Waals surface area contributed by atoms with Crippen molar-refractivity contribution in [3.05, 3.63) is 185 Å². The van der Waals surface area contributed by atoms with Crippen LogP contribution in [0.3, 0.4) is 0 Å². The van der Waals surface area contributed by atoms with Crippen molar-refractivity contribution in [2.45, 2.75) is 66.2 Å². The first-order valence-corrected chi connectivity index (χ1v) is 19.1. The minimum Gasteiger partial charge on any atom is -0.209 e. The average Bonchev–Trinajstić information content (AvgIpc) is 3.33. The van der Waals surface area contributed by atoms with Crippen LogP contribution in [0.25, 0.3) is 22.5 Å². The average molecular weight is 680 g/mol. The summed E-state index contributed by atoms with van der Waals surface area (Å²) in [6.07, 6.45) is 42.7. The Hall–Kier alpha value is -5.15. The number of allylic oxidation sites excluding steroid dienone is 25. The standard InChI is InChI=1S/C49H49N3/c1-33(26-27-41-34(2)48(3,4)42-28-30-49(5)29-15-14-25-43(49)44(41)42)37-21-12-13-22-38(31-37)39-23-16-24-40(32-39)47-51-45(35-17-8-6-9-18-35)50-46(52-47)36-19-10-7-11-20-36/h6-10,12,14-15,17-19,21-22,25-32,39,43H,1,11,13,16,20,23-24H2,2-5H3/b27-26-. The molecule has 0 bridgehead atoms. The lowest BCUT2D eigenvalue weighted by Gasteiger charge is -2.39. The van der Waals surface area contributed by atoms with Crippen molar-refractivity contribution >= 4 is 11.1 Å². The van der Waals surface area contributed by atoms with E-state index in [0.717, 1.165) is 67.1 Å². The predicted octanol–water partition coefficient (Wildman–Crippen LogP) is 12.4. The Morgan fingerprint density at radius 2 is 1.69 bits per heavy atom. The molecule has 2 aromatic rings. The summed E-state index contributed by atoms with van der Waals surface area (Å²) in [5.41, 5.74) is 12.7. The number of nitrogens with zero attached hydrogens (tertiary/aromatic N) is 3. The lowest BCUT2D eigenvalue weighted by Crippen LogP contribution is -2.29. The lowest BCUT2D eigenvalue weighted by molar-refractivity contribution is 0.427. The molecule has 0 N–H and O–H groups in total. The summed E-state index contributed by atoms with van der Waals surface area (Å²) in [7, 11) is 0. The first-order valence-electron chi connectivity index (χ1n) is 19.1. The summed E-state index contributed by atoms with van der Waals surface area (Å²) in [6, 6.07) is 10.3. The highest BCUT2D eigenvalue weighted by atomic mass is 15.0. The van der Waals surface area contributed by atoms with Crippen LogP contribution in [0.2, 0.25) is 0 Å². The van der Waals surface area contributed by atoms with Crippen molar-refractivity contribution in [3.8, 4) is 11.4 Å². The van der Waals surface area contributed by atoms with Gasteiger partial charge in [0.15, 0.2) is 17.5 Å². The molecule has 3 nitrogen and oxygen atoms in total. The molecule has 8 rings (SSSR count). The molecule has 0 saturated heterocycles. The molecule has 0 radical (unpaired) electrons. The minimum absolute atomic E-state index is 0.000515. The van der Waals surface area contributed by atoms with Crippen LogP contribution in [0.4, 0.5) is 0 Å². The van der Waals surface area contributed by atoms with E-state index in [0.29, 0.717) is 11.8 Å². The second-order valence-electron chi connectivity index (χ2n) is 15.7. The Balaban J connectivity index is 1.08. The van der Waals surface area contributed by atoms with Crippen molar-refractivity contribution in [2.24, 2.45) is 22.7 Å². The summed E-state index contributed by atoms with van der Waals surface area (Å²) in [4.78, 5) is 15.1. The molecule has 1 aromatic carbocycles. The molecule has 3 heteroatoms. The SMILES string of the molecule is C=C(/C=C\C1=C(C)C(C)(C)C2=C1C1C=CC=CC1(C)C=C2)C1=CC(C2C=C(c3nc(C4=CC=CCC4)nc(-c4ccccc4)n3)CCC2)=CCC=C1. The molecule has 52 heavy (non-hydrogen) atoms. The fraction of sp³-hybridized carbons (Fsp3) is 0.286. The van der Waals surface area contributed by atoms with Crippen LogP contribution < -0.4 is 0 Å². The zero-order valence-corrected chi connectivity index (χ0v) is 31.1. The zero-order chi connectivity index (χ0) is 35.9. The van der Waals surface area contributed by atoms with Gasteiger partial charge in [-0.1, -0.05) is 160 Å². The van der Waals surface area contributed by atoms with Crippen molar-refractivity contribution in [3.63, 3.8) is 0 Å². The van der Waals surface area contributed by atoms with Crippen molar-refractivity contribution in [1.29, 1.82) is 0 Å². The molecule has 0 aliphatic heterocycles. The van der Waals surface area contributed by atoms with E-state index in [4.69, 9.17) is 15.0 Å². The van der Waals surface area contributed by atoms with Gasteiger partial charge < -0.3 is 0 Å². The topological polar surface area (TPSA) is 38.7 Å². The van der Waals surface area contributed by atoms with E-state index in [-0.39, 0.29) is 10.8 Å². The van der Waals surface area contributed by atoms with Crippen LogP contribution in [0, 0.1) is 22.7 Å². The number of fused-ring (bicyclic) bond motifs is 2. The molecule has 0 spiro atoms. The van der Waals surface area contributed by atoms with Gasteiger partial charge in [-0.2, -0.15) is 0 Å². The first kappa shape index (κ1) is 34.0. The van der Waals surface area contributed by atoms with Crippen LogP contribution in [-0.4, -0.2) is 15.0 Å². The second-order valence-corrected chi connectivity index (χ2v) is 15.7. The van der Waals surface area contributed by atoms with E-state index >= 15 is 0 Å². The van der Waals surface area contributed by atoms with E-state index < -0.39 is 0 Å². The highest BCUT2D eigenvalue weighted by molar-refractivity contribution is 5.70. The largest absolute Gasteiger partial charge is 0.209 e. The molecule has 1 heterocycles. The maximum absolute atomic E-state index is 5.10. The van der Waals surface area contributed by atoms with Gasteiger partial charge in [-0.05, 0) is 90.0 Å². The van der Waals surface area contributed by atoms with Crippen LogP contribution in [-0.2, 0) is 0 Å². The fourth-order valence-corrected chi connectivity index (χ4v) is 8.61. The molecule has 0 saturated carbocycles. The van der Waals surface area contributed by atoms with Crippen molar-refractivity contribution < 1.29 is 0 Å². The van der Waals surface area contributed by atoms with E-state index in [1.54, 1.807) is 0 Å². The molecular formula is C49H49N3. The molecule has 1 aromatic heterocycles. The number of aromatic nitrogens is 3. The third-order valence-electron chi connectivity index (χ3n) is 12.0. The maximum Gasteiger partial charge on any atom is 0.164 e. The number of rotatable bonds is 7. The number of hydrogen-bond donors (Lipinski definition) is 0. The molecule has 6 aliphatic carbocycles. The van der Waals surface area contributed by atoms with Gasteiger partial charge in [-0.25, -0.2) is 15.0 Å². The van der Waals surface area contributed by atoms with Gasteiger partial charge in [-0.3, -0.25) is 0 Å². The Morgan fingerprint density at radius 3 is 2.50 bits per heavy atom. The van der Waals surface area contributed by atoms with E-state index in [1.807, 2.05) is 18.2 Å². The van der Waals surface area contributed by atoms with Gasteiger partial charge >= 0.3 is 0 Å². The van der Waals surface area contributed by atoms with Gasteiger partial charge in [0.2, 0.25) is 0 Å². The monoisotopic (exact) mass is 679 g/mol. The predicted molar refractivity (Wildman–Crippen MR) is 218 cm³/mol. The third-order valence-corrected chi connectivity index (χ3v) is 12.0. The third kappa shape index (κ3) is 6.32. The van der Waals surface area contributed by atoms with Crippen LogP contribution in [0.15, 0.2) is 173 Å². The van der Waals surface area contributed by atoms with Gasteiger partial charge in [0.1, 0.15) is 0 Å². The zero-order valence-electron chi connectivity index (χ0n) is 31.1. The quantitative estimate of drug-likeness (QED) is 0.273. The van der Waals surface area contributed by atoms with Crippen molar-refractivity contribution in [1.82, 2.24) is 15.0 Å². The highest BCUT2D eigenvalue weighted by Gasteiger charge is 2.45. The highest BCUT2D eigenvalue weighted by Crippen LogP contribution is 2.57. The minimum atomic E-state index is -0.00284. The summed E-state index contributed by atoms with van der Waals surface area (Å²) in [5, 5.41) is 0. The van der Waals surface area contributed by atoms with Crippen LogP contribution in [0.5, 0.6) is 0 Å². The fourth-order valence-electron chi connectivity index (χ4n) is 8.61. The van der Waals surface area contributed by atoms with E-state index in [9.17, 15) is 0 Å².